The number of hydrogen-bond acceptors (Lipinski definition) is 5. The van der Waals surface area contributed by atoms with Gasteiger partial charge in [-0.2, -0.15) is 0 Å². The number of sulfonamides is 2. The molecule has 112 valence electrons. The Hall–Kier alpha value is -0.710. The minimum Gasteiger partial charge on any atom is -0.481 e. The molecule has 0 aromatic heterocycles. The van der Waals surface area contributed by atoms with Gasteiger partial charge in [0.15, 0.2) is 0 Å². The predicted molar refractivity (Wildman–Crippen MR) is 68.6 cm³/mol. The van der Waals surface area contributed by atoms with Crippen LogP contribution < -0.4 is 4.72 Å². The zero-order chi connectivity index (χ0) is 14.7. The van der Waals surface area contributed by atoms with Crippen LogP contribution in [0.5, 0.6) is 0 Å². The topological polar surface area (TPSA) is 121 Å². The standard InChI is InChI=1S/C9H18N2O6S2/c1-2-18(14,15)10-4-6-19(16,17)11-5-3-8(7-11)9(12)13/h8,10H,2-7H2,1H3,(H,12,13). The van der Waals surface area contributed by atoms with Gasteiger partial charge in [0.25, 0.3) is 0 Å². The van der Waals surface area contributed by atoms with E-state index >= 15 is 0 Å². The first kappa shape index (κ1) is 16.3. The molecule has 0 bridgehead atoms. The monoisotopic (exact) mass is 314 g/mol. The summed E-state index contributed by atoms with van der Waals surface area (Å²) in [4.78, 5) is 10.7. The molecule has 1 atom stereocenters. The van der Waals surface area contributed by atoms with Gasteiger partial charge in [-0.25, -0.2) is 25.9 Å². The highest BCUT2D eigenvalue weighted by molar-refractivity contribution is 7.90. The molecule has 1 heterocycles. The number of hydrogen-bond donors (Lipinski definition) is 2. The molecule has 0 radical (unpaired) electrons. The summed E-state index contributed by atoms with van der Waals surface area (Å²) in [5.41, 5.74) is 0. The second kappa shape index (κ2) is 6.16. The predicted octanol–water partition coefficient (Wildman–Crippen LogP) is -1.34. The summed E-state index contributed by atoms with van der Waals surface area (Å²) < 4.78 is 49.3. The fourth-order valence-electron chi connectivity index (χ4n) is 1.74. The van der Waals surface area contributed by atoms with Crippen molar-refractivity contribution in [1.82, 2.24) is 9.03 Å². The van der Waals surface area contributed by atoms with Crippen molar-refractivity contribution < 1.29 is 26.7 Å². The third-order valence-electron chi connectivity index (χ3n) is 2.96. The molecule has 0 aromatic rings. The minimum atomic E-state index is -3.61. The van der Waals surface area contributed by atoms with Crippen LogP contribution in [0.1, 0.15) is 13.3 Å². The number of nitrogens with one attached hydrogen (secondary N) is 1. The second-order valence-electron chi connectivity index (χ2n) is 4.30. The molecule has 1 fully saturated rings. The summed E-state index contributed by atoms with van der Waals surface area (Å²) in [6, 6.07) is 0. The molecule has 1 unspecified atom stereocenters. The van der Waals surface area contributed by atoms with Gasteiger partial charge in [-0.15, -0.1) is 0 Å². The fraction of sp³-hybridized carbons (Fsp3) is 0.889. The largest absolute Gasteiger partial charge is 0.481 e. The zero-order valence-corrected chi connectivity index (χ0v) is 12.2. The van der Waals surface area contributed by atoms with Crippen molar-refractivity contribution in [1.29, 1.82) is 0 Å². The average molecular weight is 314 g/mol. The van der Waals surface area contributed by atoms with Crippen LogP contribution in [-0.4, -0.2) is 63.4 Å². The lowest BCUT2D eigenvalue weighted by Crippen LogP contribution is -2.37. The van der Waals surface area contributed by atoms with E-state index in [1.54, 1.807) is 0 Å². The summed E-state index contributed by atoms with van der Waals surface area (Å²) in [5, 5.41) is 8.80. The normalized spacial score (nSPS) is 21.6. The highest BCUT2D eigenvalue weighted by atomic mass is 32.2. The summed E-state index contributed by atoms with van der Waals surface area (Å²) in [7, 11) is -7.03. The third kappa shape index (κ3) is 4.71. The Kier molecular flexibility index (Phi) is 5.30. The maximum absolute atomic E-state index is 11.9. The lowest BCUT2D eigenvalue weighted by Gasteiger charge is -2.15. The van der Waals surface area contributed by atoms with E-state index in [0.717, 1.165) is 4.31 Å². The molecule has 19 heavy (non-hydrogen) atoms. The number of rotatable bonds is 7. The molecule has 0 saturated carbocycles. The van der Waals surface area contributed by atoms with Gasteiger partial charge in [-0.1, -0.05) is 0 Å². The van der Waals surface area contributed by atoms with Gasteiger partial charge >= 0.3 is 5.97 Å². The van der Waals surface area contributed by atoms with E-state index in [2.05, 4.69) is 4.72 Å². The van der Waals surface area contributed by atoms with Crippen molar-refractivity contribution >= 4 is 26.0 Å². The summed E-state index contributed by atoms with van der Waals surface area (Å²) in [6.45, 7) is 1.37. The number of aliphatic carboxylic acids is 1. The molecule has 2 N–H and O–H groups in total. The Bertz CT molecular complexity index is 527. The number of carboxylic acids is 1. The van der Waals surface area contributed by atoms with E-state index < -0.39 is 31.9 Å². The molecular weight excluding hydrogens is 296 g/mol. The Balaban J connectivity index is 2.52. The highest BCUT2D eigenvalue weighted by Crippen LogP contribution is 2.19. The van der Waals surface area contributed by atoms with E-state index in [-0.39, 0.29) is 37.6 Å². The van der Waals surface area contributed by atoms with Gasteiger partial charge < -0.3 is 5.11 Å². The molecule has 1 rings (SSSR count). The van der Waals surface area contributed by atoms with Gasteiger partial charge in [0.2, 0.25) is 20.0 Å². The van der Waals surface area contributed by atoms with Gasteiger partial charge in [0.05, 0.1) is 17.4 Å². The van der Waals surface area contributed by atoms with Crippen molar-refractivity contribution in [2.45, 2.75) is 13.3 Å². The van der Waals surface area contributed by atoms with Gasteiger partial charge in [-0.05, 0) is 13.3 Å². The molecule has 8 nitrogen and oxygen atoms in total. The number of nitrogens with zero attached hydrogens (tertiary/aromatic N) is 1. The van der Waals surface area contributed by atoms with E-state index in [1.165, 1.54) is 6.92 Å². The first-order chi connectivity index (χ1) is 8.68. The zero-order valence-electron chi connectivity index (χ0n) is 10.6. The first-order valence-corrected chi connectivity index (χ1v) is 9.12. The van der Waals surface area contributed by atoms with Crippen LogP contribution in [0.25, 0.3) is 0 Å². The SMILES string of the molecule is CCS(=O)(=O)NCCS(=O)(=O)N1CCC(C(=O)O)C1. The maximum Gasteiger partial charge on any atom is 0.307 e. The number of carbonyl (C=O) groups is 1. The van der Waals surface area contributed by atoms with Crippen molar-refractivity contribution in [2.75, 3.05) is 31.1 Å². The molecule has 10 heteroatoms. The highest BCUT2D eigenvalue weighted by Gasteiger charge is 2.34. The van der Waals surface area contributed by atoms with E-state index in [1.807, 2.05) is 0 Å². The lowest BCUT2D eigenvalue weighted by atomic mass is 10.1. The first-order valence-electron chi connectivity index (χ1n) is 5.86. The Morgan fingerprint density at radius 1 is 1.37 bits per heavy atom. The second-order valence-corrected chi connectivity index (χ2v) is 8.48. The van der Waals surface area contributed by atoms with Gasteiger partial charge in [0, 0.05) is 19.6 Å². The van der Waals surface area contributed by atoms with Crippen LogP contribution >= 0.6 is 0 Å². The Morgan fingerprint density at radius 2 is 2.00 bits per heavy atom. The van der Waals surface area contributed by atoms with Crippen LogP contribution in [0, 0.1) is 5.92 Å². The lowest BCUT2D eigenvalue weighted by molar-refractivity contribution is -0.141. The van der Waals surface area contributed by atoms with E-state index in [0.29, 0.717) is 0 Å². The van der Waals surface area contributed by atoms with Crippen LogP contribution in [0.4, 0.5) is 0 Å². The van der Waals surface area contributed by atoms with Crippen LogP contribution in [-0.2, 0) is 24.8 Å². The quantitative estimate of drug-likeness (QED) is 0.600. The van der Waals surface area contributed by atoms with Crippen LogP contribution in [0.2, 0.25) is 0 Å². The Morgan fingerprint density at radius 3 is 2.47 bits per heavy atom. The molecule has 1 aliphatic rings. The van der Waals surface area contributed by atoms with E-state index in [4.69, 9.17) is 5.11 Å². The molecular formula is C9H18N2O6S2. The molecule has 0 amide bonds. The smallest absolute Gasteiger partial charge is 0.307 e. The molecule has 1 saturated heterocycles. The summed E-state index contributed by atoms with van der Waals surface area (Å²) in [5.74, 6) is -2.16. The molecule has 0 aliphatic carbocycles. The van der Waals surface area contributed by atoms with Crippen molar-refractivity contribution in [3.8, 4) is 0 Å². The molecule has 1 aliphatic heterocycles. The van der Waals surface area contributed by atoms with Crippen molar-refractivity contribution in [3.05, 3.63) is 0 Å². The third-order valence-corrected chi connectivity index (χ3v) is 6.20. The summed E-state index contributed by atoms with van der Waals surface area (Å²) >= 11 is 0. The van der Waals surface area contributed by atoms with Crippen LogP contribution in [0.15, 0.2) is 0 Å². The fourth-order valence-corrected chi connectivity index (χ4v) is 3.89. The number of carboxylic acid groups (broad SMARTS) is 1. The summed E-state index contributed by atoms with van der Waals surface area (Å²) in [6.07, 6.45) is 0.287. The van der Waals surface area contributed by atoms with E-state index in [9.17, 15) is 21.6 Å². The van der Waals surface area contributed by atoms with Crippen LogP contribution in [0.3, 0.4) is 0 Å². The molecule has 0 aromatic carbocycles. The maximum atomic E-state index is 11.9. The minimum absolute atomic E-state index is 0.0435. The van der Waals surface area contributed by atoms with Crippen molar-refractivity contribution in [2.24, 2.45) is 5.92 Å². The molecule has 0 spiro atoms. The Labute approximate surface area is 112 Å². The van der Waals surface area contributed by atoms with Gasteiger partial charge in [0.1, 0.15) is 0 Å². The van der Waals surface area contributed by atoms with Gasteiger partial charge in [-0.3, -0.25) is 4.79 Å². The average Bonchev–Trinajstić information content (AvgIpc) is 2.78. The van der Waals surface area contributed by atoms with Crippen molar-refractivity contribution in [3.63, 3.8) is 0 Å².